The number of nitrogens with one attached hydrogen (secondary N) is 1. The molecule has 1 aliphatic carbocycles. The summed E-state index contributed by atoms with van der Waals surface area (Å²) < 4.78 is 1.89. The predicted octanol–water partition coefficient (Wildman–Crippen LogP) is 4.56. The topological polar surface area (TPSA) is 72.7 Å². The van der Waals surface area contributed by atoms with Gasteiger partial charge >= 0.3 is 0 Å². The van der Waals surface area contributed by atoms with E-state index < -0.39 is 0 Å². The van der Waals surface area contributed by atoms with Crippen molar-refractivity contribution in [3.63, 3.8) is 0 Å². The van der Waals surface area contributed by atoms with E-state index in [1.807, 2.05) is 23.6 Å². The highest BCUT2D eigenvalue weighted by atomic mass is 35.5. The van der Waals surface area contributed by atoms with Crippen molar-refractivity contribution >= 4 is 49.9 Å². The molecular weight excluding hydrogens is 382 g/mol. The molecule has 1 atom stereocenters. The Morgan fingerprint density at radius 2 is 2.15 bits per heavy atom. The predicted molar refractivity (Wildman–Crippen MR) is 109 cm³/mol. The molecule has 6 nitrogen and oxygen atoms in total. The number of hydrogen-bond acceptors (Lipinski definition) is 6. The number of rotatable bonds is 4. The molecule has 27 heavy (non-hydrogen) atoms. The second-order valence-electron chi connectivity index (χ2n) is 6.77. The van der Waals surface area contributed by atoms with E-state index >= 15 is 0 Å². The van der Waals surface area contributed by atoms with Crippen molar-refractivity contribution in [1.29, 1.82) is 0 Å². The van der Waals surface area contributed by atoms with Gasteiger partial charge in [0.05, 0.1) is 22.0 Å². The first-order chi connectivity index (χ1) is 13.1. The maximum atomic E-state index is 13.2. The van der Waals surface area contributed by atoms with Crippen LogP contribution in [0.4, 0.5) is 5.82 Å². The lowest BCUT2D eigenvalue weighted by Gasteiger charge is -2.21. The SMILES string of the molecule is C[C@H](Nc1ncnc2scnc12)c1cc2cccc(Cl)c2c(=O)n1C1CC1. The highest BCUT2D eigenvalue weighted by molar-refractivity contribution is 7.16. The van der Waals surface area contributed by atoms with Crippen LogP contribution in [0.1, 0.15) is 37.5 Å². The van der Waals surface area contributed by atoms with Crippen molar-refractivity contribution in [2.24, 2.45) is 0 Å². The molecule has 0 aliphatic heterocycles. The molecule has 0 unspecified atom stereocenters. The van der Waals surface area contributed by atoms with Gasteiger partial charge < -0.3 is 9.88 Å². The van der Waals surface area contributed by atoms with E-state index in [0.717, 1.165) is 34.3 Å². The summed E-state index contributed by atoms with van der Waals surface area (Å²) >= 11 is 7.80. The van der Waals surface area contributed by atoms with Crippen molar-refractivity contribution in [2.75, 3.05) is 5.32 Å². The van der Waals surface area contributed by atoms with Gasteiger partial charge in [-0.3, -0.25) is 4.79 Å². The summed E-state index contributed by atoms with van der Waals surface area (Å²) in [5.41, 5.74) is 3.41. The molecule has 8 heteroatoms. The molecule has 1 fully saturated rings. The molecule has 1 saturated carbocycles. The quantitative estimate of drug-likeness (QED) is 0.546. The number of fused-ring (bicyclic) bond motifs is 2. The molecule has 3 heterocycles. The van der Waals surface area contributed by atoms with E-state index in [9.17, 15) is 4.79 Å². The lowest BCUT2D eigenvalue weighted by molar-refractivity contribution is 0.636. The second kappa shape index (κ2) is 6.28. The van der Waals surface area contributed by atoms with Crippen LogP contribution in [0.2, 0.25) is 5.02 Å². The first kappa shape index (κ1) is 16.6. The van der Waals surface area contributed by atoms with Crippen LogP contribution in [0.15, 0.2) is 40.9 Å². The lowest BCUT2D eigenvalue weighted by Crippen LogP contribution is -2.26. The fourth-order valence-electron chi connectivity index (χ4n) is 3.48. The van der Waals surface area contributed by atoms with Crippen molar-refractivity contribution in [2.45, 2.75) is 31.8 Å². The Balaban J connectivity index is 1.64. The fourth-order valence-corrected chi connectivity index (χ4v) is 4.36. The van der Waals surface area contributed by atoms with Crippen molar-refractivity contribution < 1.29 is 0 Å². The van der Waals surface area contributed by atoms with Crippen LogP contribution in [-0.2, 0) is 0 Å². The minimum atomic E-state index is -0.124. The summed E-state index contributed by atoms with van der Waals surface area (Å²) in [6.07, 6.45) is 3.56. The van der Waals surface area contributed by atoms with Crippen LogP contribution in [0.3, 0.4) is 0 Å². The molecule has 1 aromatic carbocycles. The highest BCUT2D eigenvalue weighted by Gasteiger charge is 2.29. The summed E-state index contributed by atoms with van der Waals surface area (Å²) in [6.45, 7) is 2.03. The minimum absolute atomic E-state index is 0.0225. The van der Waals surface area contributed by atoms with Gasteiger partial charge in [-0.05, 0) is 37.3 Å². The Morgan fingerprint density at radius 1 is 1.30 bits per heavy atom. The molecule has 0 amide bonds. The third-order valence-corrected chi connectivity index (χ3v) is 5.95. The van der Waals surface area contributed by atoms with Crippen molar-refractivity contribution in [3.05, 3.63) is 57.2 Å². The van der Waals surface area contributed by atoms with E-state index in [1.165, 1.54) is 17.7 Å². The number of halogens is 1. The van der Waals surface area contributed by atoms with E-state index in [1.54, 1.807) is 11.6 Å². The molecule has 4 aromatic rings. The first-order valence-electron chi connectivity index (χ1n) is 8.78. The Morgan fingerprint density at radius 3 is 2.96 bits per heavy atom. The van der Waals surface area contributed by atoms with Gasteiger partial charge in [0.2, 0.25) is 0 Å². The average Bonchev–Trinajstić information content (AvgIpc) is 3.37. The average molecular weight is 398 g/mol. The molecular formula is C19H16ClN5OS. The lowest BCUT2D eigenvalue weighted by atomic mass is 10.1. The third kappa shape index (κ3) is 2.78. The van der Waals surface area contributed by atoms with Crippen LogP contribution in [-0.4, -0.2) is 19.5 Å². The van der Waals surface area contributed by atoms with Gasteiger partial charge in [-0.1, -0.05) is 23.7 Å². The molecule has 1 aliphatic rings. The number of anilines is 1. The van der Waals surface area contributed by atoms with Gasteiger partial charge in [0.15, 0.2) is 5.82 Å². The van der Waals surface area contributed by atoms with Crippen LogP contribution in [0.5, 0.6) is 0 Å². The van der Waals surface area contributed by atoms with Crippen molar-refractivity contribution in [3.8, 4) is 0 Å². The summed E-state index contributed by atoms with van der Waals surface area (Å²) in [5, 5.41) is 5.36. The van der Waals surface area contributed by atoms with Gasteiger partial charge in [-0.15, -0.1) is 11.3 Å². The van der Waals surface area contributed by atoms with Gasteiger partial charge in [0, 0.05) is 11.7 Å². The Kier molecular flexibility index (Phi) is 3.87. The number of aromatic nitrogens is 4. The zero-order valence-corrected chi connectivity index (χ0v) is 16.1. The standard InChI is InChI=1S/C19H16ClN5OS/c1-10(24-17-16-18(22-8-21-17)27-9-23-16)14-7-11-3-2-4-13(20)15(11)19(26)25(14)12-5-6-12/h2-4,7-10,12H,5-6H2,1H3,(H,21,22,24)/t10-/m0/s1. The van der Waals surface area contributed by atoms with Gasteiger partial charge in [-0.2, -0.15) is 0 Å². The monoisotopic (exact) mass is 397 g/mol. The first-order valence-corrected chi connectivity index (χ1v) is 10.0. The maximum Gasteiger partial charge on any atom is 0.260 e. The van der Waals surface area contributed by atoms with Gasteiger partial charge in [-0.25, -0.2) is 15.0 Å². The molecule has 0 spiro atoms. The Hall–Kier alpha value is -2.51. The maximum absolute atomic E-state index is 13.2. The van der Waals surface area contributed by atoms with Crippen LogP contribution < -0.4 is 10.9 Å². The molecule has 1 N–H and O–H groups in total. The highest BCUT2D eigenvalue weighted by Crippen LogP contribution is 2.38. The van der Waals surface area contributed by atoms with Crippen LogP contribution in [0.25, 0.3) is 21.1 Å². The number of hydrogen-bond donors (Lipinski definition) is 1. The zero-order valence-electron chi connectivity index (χ0n) is 14.5. The molecule has 5 rings (SSSR count). The fraction of sp³-hybridized carbons (Fsp3) is 0.263. The van der Waals surface area contributed by atoms with E-state index in [2.05, 4.69) is 26.3 Å². The van der Waals surface area contributed by atoms with E-state index in [4.69, 9.17) is 11.6 Å². The largest absolute Gasteiger partial charge is 0.360 e. The van der Waals surface area contributed by atoms with Gasteiger partial charge in [0.25, 0.3) is 5.56 Å². The summed E-state index contributed by atoms with van der Waals surface area (Å²) in [5.74, 6) is 0.676. The molecule has 136 valence electrons. The molecule has 0 saturated heterocycles. The van der Waals surface area contributed by atoms with Crippen LogP contribution in [0, 0.1) is 0 Å². The summed E-state index contributed by atoms with van der Waals surface area (Å²) in [6, 6.07) is 7.74. The number of thiazole rings is 1. The van der Waals surface area contributed by atoms with E-state index in [-0.39, 0.29) is 17.6 Å². The molecule has 0 radical (unpaired) electrons. The summed E-state index contributed by atoms with van der Waals surface area (Å²) in [7, 11) is 0. The smallest absolute Gasteiger partial charge is 0.260 e. The number of nitrogens with zero attached hydrogens (tertiary/aromatic N) is 4. The Bertz CT molecular complexity index is 1230. The number of benzene rings is 1. The molecule has 3 aromatic heterocycles. The Labute approximate surface area is 163 Å². The molecule has 0 bridgehead atoms. The van der Waals surface area contributed by atoms with Crippen molar-refractivity contribution in [1.82, 2.24) is 19.5 Å². The zero-order chi connectivity index (χ0) is 18.5. The normalized spacial score (nSPS) is 15.3. The third-order valence-electron chi connectivity index (χ3n) is 4.90. The minimum Gasteiger partial charge on any atom is -0.360 e. The summed E-state index contributed by atoms with van der Waals surface area (Å²) in [4.78, 5) is 27.0. The van der Waals surface area contributed by atoms with Gasteiger partial charge in [0.1, 0.15) is 16.7 Å². The number of pyridine rings is 1. The van der Waals surface area contributed by atoms with E-state index in [0.29, 0.717) is 16.2 Å². The second-order valence-corrected chi connectivity index (χ2v) is 8.01. The van der Waals surface area contributed by atoms with Crippen LogP contribution >= 0.6 is 22.9 Å².